The zero-order valence-electron chi connectivity index (χ0n) is 23.3. The van der Waals surface area contributed by atoms with Crippen LogP contribution in [0.2, 0.25) is 0 Å². The van der Waals surface area contributed by atoms with E-state index >= 15 is 0 Å². The summed E-state index contributed by atoms with van der Waals surface area (Å²) in [6, 6.07) is 26.3. The molecule has 0 N–H and O–H groups in total. The van der Waals surface area contributed by atoms with Crippen molar-refractivity contribution in [3.63, 3.8) is 0 Å². The molecule has 0 aromatic heterocycles. The van der Waals surface area contributed by atoms with Crippen LogP contribution in [0.25, 0.3) is 0 Å². The van der Waals surface area contributed by atoms with Crippen LogP contribution in [0.3, 0.4) is 0 Å². The molecule has 1 atom stereocenters. The SMILES string of the molecule is O=C(OCC(OOCc1ccc(C2CC[CH-]CC2)cc1)c1ccccc1)c1ccc(C2CC[CH-]CC2)cc1.[Y].[Y]. The van der Waals surface area contributed by atoms with Crippen molar-refractivity contribution in [2.75, 3.05) is 6.61 Å². The monoisotopic (exact) mass is 688 g/mol. The third kappa shape index (κ3) is 9.92. The number of esters is 1. The summed E-state index contributed by atoms with van der Waals surface area (Å²) >= 11 is 0. The summed E-state index contributed by atoms with van der Waals surface area (Å²) in [4.78, 5) is 24.2. The Hall–Kier alpha value is -0.742. The number of carbonyl (C=O) groups excluding carboxylic acids is 1. The molecule has 0 spiro atoms. The second kappa shape index (κ2) is 18.0. The number of hydrogen-bond acceptors (Lipinski definition) is 4. The van der Waals surface area contributed by atoms with Crippen molar-refractivity contribution >= 4 is 5.97 Å². The van der Waals surface area contributed by atoms with E-state index in [2.05, 4.69) is 49.2 Å². The number of carbonyl (C=O) groups is 1. The Balaban J connectivity index is 0.00000220. The van der Waals surface area contributed by atoms with Gasteiger partial charge in [0.25, 0.3) is 0 Å². The summed E-state index contributed by atoms with van der Waals surface area (Å²) in [6.07, 6.45) is 13.8. The fourth-order valence-electron chi connectivity index (χ4n) is 5.56. The molecular weight excluding hydrogens is 650 g/mol. The second-order valence-electron chi connectivity index (χ2n) is 10.5. The van der Waals surface area contributed by atoms with Gasteiger partial charge in [0, 0.05) is 65.4 Å². The Morgan fingerprint density at radius 2 is 1.25 bits per heavy atom. The molecule has 206 valence electrons. The van der Waals surface area contributed by atoms with E-state index in [0.717, 1.165) is 11.1 Å². The fraction of sp³-hybridized carbons (Fsp3) is 0.382. The van der Waals surface area contributed by atoms with Gasteiger partial charge in [-0.15, -0.1) is 0 Å². The summed E-state index contributed by atoms with van der Waals surface area (Å²) in [6.45, 7) is 0.400. The first-order chi connectivity index (χ1) is 18.8. The summed E-state index contributed by atoms with van der Waals surface area (Å²) < 4.78 is 5.66. The van der Waals surface area contributed by atoms with Gasteiger partial charge in [0.05, 0.1) is 5.56 Å². The molecule has 0 saturated heterocycles. The Labute approximate surface area is 290 Å². The predicted molar refractivity (Wildman–Crippen MR) is 149 cm³/mol. The Kier molecular flexibility index (Phi) is 15.2. The standard InChI is InChI=1S/C34H38O4.2Y/c35-34(32-22-20-30(21-23-32)28-12-6-2-7-13-28)36-25-33(31-14-8-3-9-15-31)38-37-24-26-16-18-29(19-17-26)27-10-4-1-5-11-27;;/h1-3,8-9,14-23,27-28,33H,4-7,10-13,24-25H2;;/q-2;;. The molecule has 0 bridgehead atoms. The molecule has 0 heterocycles. The summed E-state index contributed by atoms with van der Waals surface area (Å²) in [5, 5.41) is 0. The predicted octanol–water partition coefficient (Wildman–Crippen LogP) is 8.45. The van der Waals surface area contributed by atoms with Crippen LogP contribution in [0.15, 0.2) is 78.9 Å². The minimum atomic E-state index is -0.518. The van der Waals surface area contributed by atoms with E-state index in [1.54, 1.807) is 0 Å². The second-order valence-corrected chi connectivity index (χ2v) is 10.5. The Morgan fingerprint density at radius 3 is 1.80 bits per heavy atom. The van der Waals surface area contributed by atoms with Gasteiger partial charge in [-0.05, 0) is 46.2 Å². The van der Waals surface area contributed by atoms with Crippen LogP contribution in [0, 0.1) is 12.8 Å². The minimum absolute atomic E-state index is 0. The van der Waals surface area contributed by atoms with Crippen molar-refractivity contribution in [2.24, 2.45) is 0 Å². The maximum absolute atomic E-state index is 12.8. The van der Waals surface area contributed by atoms with Gasteiger partial charge in [-0.25, -0.2) is 14.6 Å². The molecule has 2 aliphatic rings. The van der Waals surface area contributed by atoms with Crippen molar-refractivity contribution in [3.05, 3.63) is 120 Å². The van der Waals surface area contributed by atoms with Crippen molar-refractivity contribution < 1.29 is 84.7 Å². The molecule has 0 amide bonds. The van der Waals surface area contributed by atoms with Crippen LogP contribution in [0.1, 0.15) is 102 Å². The third-order valence-corrected chi connectivity index (χ3v) is 7.89. The maximum atomic E-state index is 12.8. The van der Waals surface area contributed by atoms with Crippen molar-refractivity contribution in [2.45, 2.75) is 75.9 Å². The summed E-state index contributed by atoms with van der Waals surface area (Å²) in [5.74, 6) is 0.889. The first kappa shape index (κ1) is 33.8. The van der Waals surface area contributed by atoms with Gasteiger partial charge < -0.3 is 17.6 Å². The molecule has 2 fully saturated rings. The van der Waals surface area contributed by atoms with Gasteiger partial charge in [-0.3, -0.25) is 0 Å². The average Bonchev–Trinajstić information content (AvgIpc) is 3.00. The summed E-state index contributed by atoms with van der Waals surface area (Å²) in [7, 11) is 0. The van der Waals surface area contributed by atoms with E-state index in [1.807, 2.05) is 42.5 Å². The van der Waals surface area contributed by atoms with Crippen LogP contribution in [-0.4, -0.2) is 12.6 Å². The van der Waals surface area contributed by atoms with Gasteiger partial charge >= 0.3 is 5.97 Å². The van der Waals surface area contributed by atoms with Gasteiger partial charge in [0.2, 0.25) is 0 Å². The topological polar surface area (TPSA) is 44.8 Å². The number of ether oxygens (including phenoxy) is 1. The van der Waals surface area contributed by atoms with Crippen molar-refractivity contribution in [1.29, 1.82) is 0 Å². The molecule has 2 saturated carbocycles. The van der Waals surface area contributed by atoms with E-state index < -0.39 is 6.10 Å². The average molecular weight is 688 g/mol. The van der Waals surface area contributed by atoms with Crippen LogP contribution in [0.4, 0.5) is 0 Å². The zero-order valence-corrected chi connectivity index (χ0v) is 28.9. The molecule has 0 aliphatic heterocycles. The first-order valence-corrected chi connectivity index (χ1v) is 14.1. The zero-order chi connectivity index (χ0) is 26.0. The quantitative estimate of drug-likeness (QED) is 0.0929. The normalized spacial score (nSPS) is 16.8. The molecule has 2 aliphatic carbocycles. The largest absolute Gasteiger partial charge is 0.459 e. The molecule has 5 rings (SSSR count). The first-order valence-electron chi connectivity index (χ1n) is 14.1. The van der Waals surface area contributed by atoms with Crippen LogP contribution < -0.4 is 0 Å². The Bertz CT molecular complexity index is 1120. The molecular formula is C34H38O4Y2-2. The van der Waals surface area contributed by atoms with E-state index in [-0.39, 0.29) is 78.0 Å². The number of hydrogen-bond donors (Lipinski definition) is 0. The van der Waals surface area contributed by atoms with Crippen molar-refractivity contribution in [3.8, 4) is 0 Å². The van der Waals surface area contributed by atoms with Crippen LogP contribution in [-0.2, 0) is 86.5 Å². The van der Waals surface area contributed by atoms with E-state index in [9.17, 15) is 4.79 Å². The molecule has 3 aromatic carbocycles. The summed E-state index contributed by atoms with van der Waals surface area (Å²) in [5.41, 5.74) is 5.21. The molecule has 2 radical (unpaired) electrons. The minimum Gasteiger partial charge on any atom is -0.459 e. The van der Waals surface area contributed by atoms with E-state index in [1.165, 1.54) is 62.5 Å². The van der Waals surface area contributed by atoms with Gasteiger partial charge in [-0.1, -0.05) is 92.4 Å². The number of rotatable bonds is 10. The van der Waals surface area contributed by atoms with Crippen LogP contribution >= 0.6 is 0 Å². The maximum Gasteiger partial charge on any atom is 0.338 e. The molecule has 3 aromatic rings. The van der Waals surface area contributed by atoms with Crippen LogP contribution in [0.5, 0.6) is 0 Å². The molecule has 40 heavy (non-hydrogen) atoms. The molecule has 1 unspecified atom stereocenters. The van der Waals surface area contributed by atoms with E-state index in [0.29, 0.717) is 24.0 Å². The smallest absolute Gasteiger partial charge is 0.338 e. The van der Waals surface area contributed by atoms with E-state index in [4.69, 9.17) is 14.5 Å². The van der Waals surface area contributed by atoms with Crippen molar-refractivity contribution in [1.82, 2.24) is 0 Å². The molecule has 6 heteroatoms. The van der Waals surface area contributed by atoms with Gasteiger partial charge in [-0.2, -0.15) is 25.7 Å². The fourth-order valence-corrected chi connectivity index (χ4v) is 5.56. The molecule has 4 nitrogen and oxygen atoms in total. The third-order valence-electron chi connectivity index (χ3n) is 7.89. The number of benzene rings is 3. The van der Waals surface area contributed by atoms with Gasteiger partial charge in [0.1, 0.15) is 13.2 Å². The van der Waals surface area contributed by atoms with Gasteiger partial charge in [0.15, 0.2) is 6.10 Å². The Morgan fingerprint density at radius 1 is 0.725 bits per heavy atom.